The molecule has 0 bridgehead atoms. The Morgan fingerprint density at radius 3 is 2.93 bits per heavy atom. The van der Waals surface area contributed by atoms with Gasteiger partial charge in [-0.05, 0) is 57.1 Å². The third-order valence-corrected chi connectivity index (χ3v) is 7.08. The van der Waals surface area contributed by atoms with Gasteiger partial charge in [-0.25, -0.2) is 4.98 Å². The van der Waals surface area contributed by atoms with E-state index < -0.39 is 5.97 Å². The maximum Gasteiger partial charge on any atom is 0.307 e. The number of aryl methyl sites for hydroxylation is 1. The molecule has 4 rings (SSSR count). The number of hydrogen-bond acceptors (Lipinski definition) is 5. The number of carbonyl (C=O) groups is 1. The van der Waals surface area contributed by atoms with Gasteiger partial charge in [-0.1, -0.05) is 6.92 Å². The summed E-state index contributed by atoms with van der Waals surface area (Å²) in [5, 5.41) is 10.1. The van der Waals surface area contributed by atoms with E-state index in [0.29, 0.717) is 18.3 Å². The van der Waals surface area contributed by atoms with Crippen LogP contribution in [0.5, 0.6) is 0 Å². The maximum atomic E-state index is 12.8. The molecule has 1 aliphatic carbocycles. The smallest absolute Gasteiger partial charge is 0.307 e. The van der Waals surface area contributed by atoms with Gasteiger partial charge < -0.3 is 10.1 Å². The zero-order valence-corrected chi connectivity index (χ0v) is 17.3. The molecule has 148 valence electrons. The fraction of sp³-hybridized carbons (Fsp3) is 0.632. The van der Waals surface area contributed by atoms with Crippen molar-refractivity contribution in [3.05, 3.63) is 26.6 Å². The molecule has 2 aromatic heterocycles. The Morgan fingerprint density at radius 2 is 2.19 bits per heavy atom. The van der Waals surface area contributed by atoms with E-state index in [0.717, 1.165) is 48.9 Å². The van der Waals surface area contributed by atoms with Crippen LogP contribution in [0.1, 0.15) is 55.4 Å². The molecule has 0 spiro atoms. The lowest BCUT2D eigenvalue weighted by molar-refractivity contribution is -0.143. The molecule has 3 atom stereocenters. The number of hydrogen-bond donors (Lipinski definition) is 2. The highest BCUT2D eigenvalue weighted by Gasteiger charge is 2.30. The van der Waals surface area contributed by atoms with Crippen LogP contribution in [0.2, 0.25) is 0 Å². The number of rotatable bonds is 3. The summed E-state index contributed by atoms with van der Waals surface area (Å²) in [6.07, 6.45) is 4.70. The topological polar surface area (TPSA) is 86.3 Å². The number of likely N-dealkylation sites (tertiary alicyclic amines) is 1. The molecule has 27 heavy (non-hydrogen) atoms. The Hall–Kier alpha value is -1.44. The molecule has 0 amide bonds. The number of aromatic nitrogens is 2. The molecule has 2 aliphatic rings. The molecule has 2 aromatic rings. The van der Waals surface area contributed by atoms with Gasteiger partial charge in [-0.2, -0.15) is 0 Å². The molecule has 3 unspecified atom stereocenters. The fourth-order valence-electron chi connectivity index (χ4n) is 4.30. The van der Waals surface area contributed by atoms with Crippen molar-refractivity contribution in [2.45, 2.75) is 52.0 Å². The average molecular weight is 412 g/mol. The second-order valence-corrected chi connectivity index (χ2v) is 8.92. The molecule has 2 N–H and O–H groups in total. The molecule has 1 aliphatic heterocycles. The first-order valence-corrected chi connectivity index (χ1v) is 10.3. The lowest BCUT2D eigenvalue weighted by Crippen LogP contribution is -2.40. The van der Waals surface area contributed by atoms with Gasteiger partial charge in [0, 0.05) is 11.4 Å². The number of thiophene rings is 1. The van der Waals surface area contributed by atoms with Gasteiger partial charge in [-0.15, -0.1) is 23.7 Å². The summed E-state index contributed by atoms with van der Waals surface area (Å²) in [6, 6.07) is -0.0905. The van der Waals surface area contributed by atoms with Gasteiger partial charge in [-0.3, -0.25) is 14.5 Å². The summed E-state index contributed by atoms with van der Waals surface area (Å²) >= 11 is 1.66. The quantitative estimate of drug-likeness (QED) is 0.808. The minimum absolute atomic E-state index is 0. The first kappa shape index (κ1) is 20.3. The van der Waals surface area contributed by atoms with Crippen LogP contribution >= 0.6 is 23.7 Å². The zero-order chi connectivity index (χ0) is 18.4. The molecular formula is C19H26ClN3O3S. The van der Waals surface area contributed by atoms with Crippen LogP contribution in [0.15, 0.2) is 4.79 Å². The number of carboxylic acids is 1. The first-order valence-electron chi connectivity index (χ1n) is 9.45. The highest BCUT2D eigenvalue weighted by Crippen LogP contribution is 2.36. The minimum atomic E-state index is -0.737. The Bertz CT molecular complexity index is 909. The summed E-state index contributed by atoms with van der Waals surface area (Å²) in [5.41, 5.74) is 1.15. The molecule has 0 radical (unpaired) electrons. The predicted octanol–water partition coefficient (Wildman–Crippen LogP) is 3.39. The van der Waals surface area contributed by atoms with Crippen molar-refractivity contribution >= 4 is 39.9 Å². The number of H-pyrrole nitrogens is 1. The van der Waals surface area contributed by atoms with E-state index in [1.807, 2.05) is 6.92 Å². The third-order valence-electron chi connectivity index (χ3n) is 5.93. The van der Waals surface area contributed by atoms with Gasteiger partial charge in [0.25, 0.3) is 5.56 Å². The second-order valence-electron chi connectivity index (χ2n) is 7.83. The molecule has 0 saturated carbocycles. The molecule has 6 nitrogen and oxygen atoms in total. The van der Waals surface area contributed by atoms with E-state index in [-0.39, 0.29) is 29.9 Å². The largest absolute Gasteiger partial charge is 0.481 e. The number of piperidine rings is 1. The van der Waals surface area contributed by atoms with Crippen LogP contribution in [0.25, 0.3) is 10.2 Å². The zero-order valence-electron chi connectivity index (χ0n) is 15.7. The monoisotopic (exact) mass is 411 g/mol. The van der Waals surface area contributed by atoms with E-state index >= 15 is 0 Å². The van der Waals surface area contributed by atoms with E-state index in [1.165, 1.54) is 10.4 Å². The van der Waals surface area contributed by atoms with Gasteiger partial charge >= 0.3 is 5.97 Å². The highest BCUT2D eigenvalue weighted by molar-refractivity contribution is 7.18. The van der Waals surface area contributed by atoms with E-state index in [4.69, 9.17) is 4.98 Å². The summed E-state index contributed by atoms with van der Waals surface area (Å²) < 4.78 is 0. The van der Waals surface area contributed by atoms with Crippen LogP contribution in [0.4, 0.5) is 0 Å². The van der Waals surface area contributed by atoms with Crippen LogP contribution in [-0.4, -0.2) is 39.0 Å². The second kappa shape index (κ2) is 7.89. The Balaban J connectivity index is 0.00000210. The normalized spacial score (nSPS) is 24.2. The first-order chi connectivity index (χ1) is 12.4. The molecule has 0 aromatic carbocycles. The molecular weight excluding hydrogens is 386 g/mol. The SMILES string of the molecule is CC1CCc2c(sc3nc(C(C)N4CCCC(C(=O)O)C4)[nH]c(=O)c23)C1.Cl. The number of aliphatic carboxylic acids is 1. The Labute approximate surface area is 168 Å². The average Bonchev–Trinajstić information content (AvgIpc) is 2.98. The van der Waals surface area contributed by atoms with E-state index in [2.05, 4.69) is 16.8 Å². The van der Waals surface area contributed by atoms with Crippen molar-refractivity contribution in [3.8, 4) is 0 Å². The molecule has 1 saturated heterocycles. The van der Waals surface area contributed by atoms with Crippen molar-refractivity contribution in [2.24, 2.45) is 11.8 Å². The fourth-order valence-corrected chi connectivity index (χ4v) is 5.69. The molecule has 3 heterocycles. The van der Waals surface area contributed by atoms with Crippen molar-refractivity contribution in [2.75, 3.05) is 13.1 Å². The predicted molar refractivity (Wildman–Crippen MR) is 109 cm³/mol. The summed E-state index contributed by atoms with van der Waals surface area (Å²) in [5.74, 6) is 0.241. The van der Waals surface area contributed by atoms with Crippen LogP contribution in [0, 0.1) is 11.8 Å². The molecule has 1 fully saturated rings. The number of nitrogens with zero attached hydrogens (tertiary/aromatic N) is 2. The van der Waals surface area contributed by atoms with Crippen molar-refractivity contribution in [1.82, 2.24) is 14.9 Å². The van der Waals surface area contributed by atoms with Gasteiger partial charge in [0.05, 0.1) is 17.3 Å². The van der Waals surface area contributed by atoms with E-state index in [1.54, 1.807) is 11.3 Å². The number of nitrogens with one attached hydrogen (secondary N) is 1. The van der Waals surface area contributed by atoms with Crippen LogP contribution < -0.4 is 5.56 Å². The van der Waals surface area contributed by atoms with Crippen molar-refractivity contribution < 1.29 is 9.90 Å². The van der Waals surface area contributed by atoms with Gasteiger partial charge in [0.1, 0.15) is 10.7 Å². The highest BCUT2D eigenvalue weighted by atomic mass is 35.5. The maximum absolute atomic E-state index is 12.8. The lowest BCUT2D eigenvalue weighted by atomic mass is 9.89. The summed E-state index contributed by atoms with van der Waals surface area (Å²) in [7, 11) is 0. The van der Waals surface area contributed by atoms with E-state index in [9.17, 15) is 14.7 Å². The standard InChI is InChI=1S/C19H25N3O3S.ClH/c1-10-5-6-13-14(8-10)26-18-15(13)17(23)20-16(21-18)11(2)22-7-3-4-12(9-22)19(24)25;/h10-12H,3-9H2,1-2H3,(H,24,25)(H,20,21,23);1H. The summed E-state index contributed by atoms with van der Waals surface area (Å²) in [4.78, 5) is 36.1. The minimum Gasteiger partial charge on any atom is -0.481 e. The number of fused-ring (bicyclic) bond motifs is 3. The Kier molecular flexibility index (Phi) is 5.93. The van der Waals surface area contributed by atoms with Gasteiger partial charge in [0.15, 0.2) is 0 Å². The Morgan fingerprint density at radius 1 is 1.41 bits per heavy atom. The molecule has 8 heteroatoms. The van der Waals surface area contributed by atoms with Crippen LogP contribution in [-0.2, 0) is 17.6 Å². The number of halogens is 1. The lowest BCUT2D eigenvalue weighted by Gasteiger charge is -2.34. The van der Waals surface area contributed by atoms with Crippen molar-refractivity contribution in [1.29, 1.82) is 0 Å². The van der Waals surface area contributed by atoms with Crippen LogP contribution in [0.3, 0.4) is 0 Å². The van der Waals surface area contributed by atoms with Gasteiger partial charge in [0.2, 0.25) is 0 Å². The third kappa shape index (κ3) is 3.77. The summed E-state index contributed by atoms with van der Waals surface area (Å²) in [6.45, 7) is 5.61. The number of carboxylic acid groups (broad SMARTS) is 1. The number of aromatic amines is 1. The van der Waals surface area contributed by atoms with Crippen molar-refractivity contribution in [3.63, 3.8) is 0 Å².